The molecular formula is C10H12O3. The fraction of sp³-hybridized carbons (Fsp3) is 0.400. The number of carbonyl (C=O) groups excluding carboxylic acids is 2. The Labute approximate surface area is 76.8 Å². The molecule has 0 fully saturated rings. The van der Waals surface area contributed by atoms with Gasteiger partial charge in [-0.15, -0.1) is 0 Å². The summed E-state index contributed by atoms with van der Waals surface area (Å²) in [4.78, 5) is 21.4. The number of rotatable bonds is 2. The van der Waals surface area contributed by atoms with Crippen LogP contribution in [-0.4, -0.2) is 22.3 Å². The number of hydrogen-bond donors (Lipinski definition) is 1. The van der Waals surface area contributed by atoms with Crippen LogP contribution in [0.1, 0.15) is 19.8 Å². The molecule has 0 amide bonds. The second kappa shape index (κ2) is 3.66. The third-order valence-electron chi connectivity index (χ3n) is 1.94. The first-order valence-electron chi connectivity index (χ1n) is 4.16. The molecule has 0 radical (unpaired) electrons. The summed E-state index contributed by atoms with van der Waals surface area (Å²) >= 11 is 0. The molecule has 0 heterocycles. The van der Waals surface area contributed by atoms with Crippen LogP contribution >= 0.6 is 0 Å². The van der Waals surface area contributed by atoms with Crippen LogP contribution in [0.2, 0.25) is 0 Å². The Morgan fingerprint density at radius 2 is 2.38 bits per heavy atom. The van der Waals surface area contributed by atoms with E-state index in [-0.39, 0.29) is 11.6 Å². The zero-order chi connectivity index (χ0) is 9.90. The maximum absolute atomic E-state index is 10.8. The minimum absolute atomic E-state index is 0.0147. The average molecular weight is 180 g/mol. The number of ketones is 2. The van der Waals surface area contributed by atoms with E-state index in [1.54, 1.807) is 0 Å². The normalized spacial score (nSPS) is 28.3. The Hall–Kier alpha value is -1.22. The van der Waals surface area contributed by atoms with Crippen LogP contribution < -0.4 is 0 Å². The summed E-state index contributed by atoms with van der Waals surface area (Å²) in [6.07, 6.45) is 6.21. The lowest BCUT2D eigenvalue weighted by Gasteiger charge is -2.22. The molecule has 0 aromatic heterocycles. The van der Waals surface area contributed by atoms with Crippen molar-refractivity contribution < 1.29 is 14.7 Å². The highest BCUT2D eigenvalue weighted by molar-refractivity contribution is 5.91. The SMILES string of the molecule is CC(=O)C=CC1(O)C=CC(=O)CC1. The first-order valence-corrected chi connectivity index (χ1v) is 4.16. The molecule has 0 bridgehead atoms. The van der Waals surface area contributed by atoms with Crippen molar-refractivity contribution in [1.29, 1.82) is 0 Å². The van der Waals surface area contributed by atoms with Crippen molar-refractivity contribution in [2.45, 2.75) is 25.4 Å². The van der Waals surface area contributed by atoms with Gasteiger partial charge in [-0.3, -0.25) is 9.59 Å². The molecule has 1 aliphatic carbocycles. The predicted octanol–water partition coefficient (Wildman–Crippen LogP) is 0.782. The van der Waals surface area contributed by atoms with Crippen LogP contribution in [0.25, 0.3) is 0 Å². The Morgan fingerprint density at radius 3 is 2.85 bits per heavy atom. The third-order valence-corrected chi connectivity index (χ3v) is 1.94. The summed E-state index contributed by atoms with van der Waals surface area (Å²) in [5, 5.41) is 9.76. The number of allylic oxidation sites excluding steroid dienone is 2. The van der Waals surface area contributed by atoms with E-state index in [1.165, 1.54) is 31.2 Å². The Kier molecular flexibility index (Phi) is 2.78. The van der Waals surface area contributed by atoms with Crippen LogP contribution in [-0.2, 0) is 9.59 Å². The van der Waals surface area contributed by atoms with Gasteiger partial charge in [-0.05, 0) is 37.6 Å². The van der Waals surface area contributed by atoms with E-state index in [9.17, 15) is 14.7 Å². The molecule has 1 N–H and O–H groups in total. The second-order valence-electron chi connectivity index (χ2n) is 3.23. The van der Waals surface area contributed by atoms with Gasteiger partial charge in [-0.25, -0.2) is 0 Å². The molecule has 70 valence electrons. The average Bonchev–Trinajstić information content (AvgIpc) is 2.08. The first-order chi connectivity index (χ1) is 6.02. The Balaban J connectivity index is 2.73. The minimum atomic E-state index is -1.11. The number of aliphatic hydroxyl groups is 1. The maximum atomic E-state index is 10.8. The highest BCUT2D eigenvalue weighted by atomic mass is 16.3. The van der Waals surface area contributed by atoms with Gasteiger partial charge in [-0.1, -0.05) is 0 Å². The molecule has 3 nitrogen and oxygen atoms in total. The lowest BCUT2D eigenvalue weighted by molar-refractivity contribution is -0.116. The van der Waals surface area contributed by atoms with E-state index in [0.717, 1.165) is 0 Å². The highest BCUT2D eigenvalue weighted by Crippen LogP contribution is 2.21. The fourth-order valence-corrected chi connectivity index (χ4v) is 1.13. The summed E-state index contributed by atoms with van der Waals surface area (Å²) in [5.41, 5.74) is -1.11. The zero-order valence-corrected chi connectivity index (χ0v) is 7.49. The lowest BCUT2D eigenvalue weighted by Crippen LogP contribution is -2.27. The van der Waals surface area contributed by atoms with Gasteiger partial charge in [0.1, 0.15) is 5.60 Å². The van der Waals surface area contributed by atoms with Crippen molar-refractivity contribution >= 4 is 11.6 Å². The van der Waals surface area contributed by atoms with Gasteiger partial charge >= 0.3 is 0 Å². The molecule has 0 aliphatic heterocycles. The van der Waals surface area contributed by atoms with Crippen molar-refractivity contribution in [2.75, 3.05) is 0 Å². The van der Waals surface area contributed by atoms with E-state index in [1.807, 2.05) is 0 Å². The molecule has 0 aromatic carbocycles. The van der Waals surface area contributed by atoms with Gasteiger partial charge in [-0.2, -0.15) is 0 Å². The van der Waals surface area contributed by atoms with Crippen LogP contribution in [0, 0.1) is 0 Å². The predicted molar refractivity (Wildman–Crippen MR) is 48.2 cm³/mol. The molecule has 0 saturated heterocycles. The lowest BCUT2D eigenvalue weighted by atomic mass is 9.90. The molecule has 1 unspecified atom stereocenters. The molecule has 13 heavy (non-hydrogen) atoms. The Bertz CT molecular complexity index is 289. The van der Waals surface area contributed by atoms with Crippen LogP contribution in [0.5, 0.6) is 0 Å². The van der Waals surface area contributed by atoms with Crippen LogP contribution in [0.3, 0.4) is 0 Å². The summed E-state index contributed by atoms with van der Waals surface area (Å²) in [6.45, 7) is 1.41. The zero-order valence-electron chi connectivity index (χ0n) is 7.49. The van der Waals surface area contributed by atoms with E-state index < -0.39 is 5.60 Å². The van der Waals surface area contributed by atoms with Crippen molar-refractivity contribution in [2.24, 2.45) is 0 Å². The summed E-state index contributed by atoms with van der Waals surface area (Å²) in [6, 6.07) is 0. The van der Waals surface area contributed by atoms with E-state index in [2.05, 4.69) is 0 Å². The number of carbonyl (C=O) groups is 2. The van der Waals surface area contributed by atoms with Gasteiger partial charge < -0.3 is 5.11 Å². The molecule has 0 saturated carbocycles. The molecular weight excluding hydrogens is 168 g/mol. The first kappa shape index (κ1) is 9.86. The molecule has 1 atom stereocenters. The largest absolute Gasteiger partial charge is 0.382 e. The molecule has 1 aliphatic rings. The fourth-order valence-electron chi connectivity index (χ4n) is 1.13. The highest BCUT2D eigenvalue weighted by Gasteiger charge is 2.24. The van der Waals surface area contributed by atoms with Gasteiger partial charge in [0.2, 0.25) is 0 Å². The molecule has 0 aromatic rings. The quantitative estimate of drug-likeness (QED) is 0.639. The van der Waals surface area contributed by atoms with Gasteiger partial charge in [0.25, 0.3) is 0 Å². The second-order valence-corrected chi connectivity index (χ2v) is 3.23. The topological polar surface area (TPSA) is 54.4 Å². The summed E-state index contributed by atoms with van der Waals surface area (Å²) < 4.78 is 0. The van der Waals surface area contributed by atoms with Gasteiger partial charge in [0.15, 0.2) is 11.6 Å². The summed E-state index contributed by atoms with van der Waals surface area (Å²) in [7, 11) is 0. The van der Waals surface area contributed by atoms with Crippen molar-refractivity contribution in [3.05, 3.63) is 24.3 Å². The van der Waals surface area contributed by atoms with E-state index in [4.69, 9.17) is 0 Å². The van der Waals surface area contributed by atoms with E-state index in [0.29, 0.717) is 12.8 Å². The Morgan fingerprint density at radius 1 is 1.69 bits per heavy atom. The molecule has 0 spiro atoms. The van der Waals surface area contributed by atoms with Gasteiger partial charge in [0, 0.05) is 6.42 Å². The van der Waals surface area contributed by atoms with Crippen LogP contribution in [0.4, 0.5) is 0 Å². The smallest absolute Gasteiger partial charge is 0.155 e. The van der Waals surface area contributed by atoms with Gasteiger partial charge in [0.05, 0.1) is 0 Å². The summed E-state index contributed by atoms with van der Waals surface area (Å²) in [5.74, 6) is -0.0976. The standard InChI is InChI=1S/C10H12O3/c1-8(11)2-5-10(13)6-3-9(12)4-7-10/h2-3,5-6,13H,4,7H2,1H3. The molecule has 3 heteroatoms. The maximum Gasteiger partial charge on any atom is 0.155 e. The minimum Gasteiger partial charge on any atom is -0.382 e. The van der Waals surface area contributed by atoms with Crippen LogP contribution in [0.15, 0.2) is 24.3 Å². The van der Waals surface area contributed by atoms with Crippen molar-refractivity contribution in [1.82, 2.24) is 0 Å². The number of hydrogen-bond acceptors (Lipinski definition) is 3. The third kappa shape index (κ3) is 2.95. The molecule has 1 rings (SSSR count). The van der Waals surface area contributed by atoms with Crippen molar-refractivity contribution in [3.63, 3.8) is 0 Å². The monoisotopic (exact) mass is 180 g/mol. The van der Waals surface area contributed by atoms with E-state index >= 15 is 0 Å². The van der Waals surface area contributed by atoms with Crippen molar-refractivity contribution in [3.8, 4) is 0 Å².